The molecular formula is C50H56BNO4. The number of quaternary nitrogens is 1. The van der Waals surface area contributed by atoms with Gasteiger partial charge in [0.05, 0.1) is 19.6 Å². The molecule has 6 heteroatoms. The van der Waals surface area contributed by atoms with E-state index in [9.17, 15) is 4.79 Å². The number of rotatable bonds is 20. The zero-order chi connectivity index (χ0) is 39.3. The Labute approximate surface area is 335 Å². The Bertz CT molecular complexity index is 1900. The van der Waals surface area contributed by atoms with Gasteiger partial charge in [0, 0.05) is 22.3 Å². The molecule has 6 aromatic carbocycles. The van der Waals surface area contributed by atoms with Crippen LogP contribution >= 0.6 is 0 Å². The number of carbonyl (C=O) groups is 1. The van der Waals surface area contributed by atoms with Crippen LogP contribution in [0, 0.1) is 6.07 Å². The van der Waals surface area contributed by atoms with Crippen LogP contribution in [0.3, 0.4) is 0 Å². The normalized spacial score (nSPS) is 10.8. The minimum Gasteiger partial charge on any atom is -0.490 e. The Kier molecular flexibility index (Phi) is 16.9. The molecule has 6 aromatic rings. The van der Waals surface area contributed by atoms with E-state index in [1.807, 2.05) is 146 Å². The average Bonchev–Trinajstić information content (AvgIpc) is 3.26. The lowest BCUT2D eigenvalue weighted by molar-refractivity contribution is -0.941. The highest BCUT2D eigenvalue weighted by atomic mass is 16.7. The van der Waals surface area contributed by atoms with Crippen LogP contribution in [0.25, 0.3) is 11.1 Å². The number of nitrogens with zero attached hydrogens (tertiary/aromatic N) is 1. The third kappa shape index (κ3) is 12.7. The van der Waals surface area contributed by atoms with Crippen LogP contribution in [0.1, 0.15) is 80.8 Å². The number of hydrogen-bond acceptors (Lipinski definition) is 4. The van der Waals surface area contributed by atoms with Crippen molar-refractivity contribution in [2.45, 2.75) is 65.8 Å². The third-order valence-electron chi connectivity index (χ3n) is 9.83. The Balaban J connectivity index is 0.000000912. The summed E-state index contributed by atoms with van der Waals surface area (Å²) >= 11 is 0. The summed E-state index contributed by atoms with van der Waals surface area (Å²) in [5, 5.41) is 0. The molecule has 0 heterocycles. The van der Waals surface area contributed by atoms with Crippen molar-refractivity contribution in [3.63, 3.8) is 0 Å². The van der Waals surface area contributed by atoms with E-state index in [0.29, 0.717) is 28.4 Å². The second-order valence-electron chi connectivity index (χ2n) is 14.1. The largest absolute Gasteiger partial charge is 0.864 e. The standard InChI is InChI=1S/C44H51BNO4.C6H5/c1-4-7-31-46(32-8-5-2,33-9-6-3)35-38-30-29-37(44(47)36-21-13-10-14-22-36)34-42(38)41-27-19-20-28-43(41)50-45(48-39-23-15-11-16-24-39)49-40-25-17-12-18-26-40;1-2-4-6-5-3-1/h10-30,34H,4-9,31-33,35H2,1-3H3;1-5H/q+1;-1. The van der Waals surface area contributed by atoms with Crippen molar-refractivity contribution in [3.05, 3.63) is 187 Å². The highest BCUT2D eigenvalue weighted by Crippen LogP contribution is 2.36. The molecule has 0 bridgehead atoms. The molecule has 0 saturated carbocycles. The molecule has 5 nitrogen and oxygen atoms in total. The lowest BCUT2D eigenvalue weighted by Crippen LogP contribution is -2.49. The van der Waals surface area contributed by atoms with Crippen LogP contribution in [0.15, 0.2) is 164 Å². The first-order valence-electron chi connectivity index (χ1n) is 20.2. The van der Waals surface area contributed by atoms with E-state index in [1.54, 1.807) is 0 Å². The van der Waals surface area contributed by atoms with E-state index in [0.717, 1.165) is 61.1 Å². The molecule has 0 aliphatic rings. The Morgan fingerprint density at radius 3 is 1.54 bits per heavy atom. The number of ketones is 1. The van der Waals surface area contributed by atoms with Crippen molar-refractivity contribution in [2.24, 2.45) is 0 Å². The van der Waals surface area contributed by atoms with E-state index >= 15 is 0 Å². The Hall–Kier alpha value is -5.59. The van der Waals surface area contributed by atoms with Crippen LogP contribution < -0.4 is 14.0 Å². The summed E-state index contributed by atoms with van der Waals surface area (Å²) < 4.78 is 20.2. The molecule has 56 heavy (non-hydrogen) atoms. The first-order chi connectivity index (χ1) is 27.5. The molecule has 6 rings (SSSR count). The van der Waals surface area contributed by atoms with Crippen molar-refractivity contribution in [3.8, 4) is 28.4 Å². The van der Waals surface area contributed by atoms with Gasteiger partial charge in [0.2, 0.25) is 0 Å². The van der Waals surface area contributed by atoms with Gasteiger partial charge in [0.15, 0.2) is 5.78 Å². The summed E-state index contributed by atoms with van der Waals surface area (Å²) in [7, 11) is -1.06. The van der Waals surface area contributed by atoms with Crippen LogP contribution in [-0.2, 0) is 6.54 Å². The summed E-state index contributed by atoms with van der Waals surface area (Å²) in [5.74, 6) is 1.88. The lowest BCUT2D eigenvalue weighted by atomic mass is 9.92. The second kappa shape index (κ2) is 22.7. The van der Waals surface area contributed by atoms with Gasteiger partial charge in [-0.05, 0) is 61.2 Å². The van der Waals surface area contributed by atoms with Crippen molar-refractivity contribution in [2.75, 3.05) is 19.6 Å². The second-order valence-corrected chi connectivity index (χ2v) is 14.1. The number of carbonyl (C=O) groups excluding carboxylic acids is 1. The number of hydrogen-bond donors (Lipinski definition) is 0. The maximum atomic E-state index is 13.8. The predicted molar refractivity (Wildman–Crippen MR) is 231 cm³/mol. The molecule has 0 N–H and O–H groups in total. The molecule has 0 saturated heterocycles. The summed E-state index contributed by atoms with van der Waals surface area (Å²) in [5.41, 5.74) is 4.41. The molecule has 0 radical (unpaired) electrons. The van der Waals surface area contributed by atoms with Crippen molar-refractivity contribution < 1.29 is 23.2 Å². The Morgan fingerprint density at radius 2 is 1.04 bits per heavy atom. The van der Waals surface area contributed by atoms with Crippen LogP contribution in [0.5, 0.6) is 17.2 Å². The van der Waals surface area contributed by atoms with E-state index in [-0.39, 0.29) is 5.78 Å². The minimum atomic E-state index is -1.06. The van der Waals surface area contributed by atoms with E-state index < -0.39 is 7.32 Å². The number of para-hydroxylation sites is 3. The zero-order valence-electron chi connectivity index (χ0n) is 33.3. The molecule has 0 fully saturated rings. The molecular weight excluding hydrogens is 689 g/mol. The fourth-order valence-electron chi connectivity index (χ4n) is 6.81. The Morgan fingerprint density at radius 1 is 0.536 bits per heavy atom. The van der Waals surface area contributed by atoms with Crippen molar-refractivity contribution in [1.29, 1.82) is 0 Å². The lowest BCUT2D eigenvalue weighted by Gasteiger charge is -2.40. The fraction of sp³-hybridized carbons (Fsp3) is 0.260. The summed E-state index contributed by atoms with van der Waals surface area (Å²) in [6.07, 6.45) is 7.04. The third-order valence-corrected chi connectivity index (χ3v) is 9.83. The summed E-state index contributed by atoms with van der Waals surface area (Å²) in [6, 6.07) is 55.4. The van der Waals surface area contributed by atoms with E-state index in [2.05, 4.69) is 45.0 Å². The maximum absolute atomic E-state index is 13.8. The molecule has 0 atom stereocenters. The molecule has 288 valence electrons. The van der Waals surface area contributed by atoms with Gasteiger partial charge in [-0.2, -0.15) is 36.4 Å². The molecule has 0 unspecified atom stereocenters. The molecule has 0 aliphatic carbocycles. The van der Waals surface area contributed by atoms with E-state index in [1.165, 1.54) is 24.8 Å². The minimum absolute atomic E-state index is 0.00167. The highest BCUT2D eigenvalue weighted by molar-refractivity contribution is 6.39. The maximum Gasteiger partial charge on any atom is 0.864 e. The van der Waals surface area contributed by atoms with Crippen molar-refractivity contribution in [1.82, 2.24) is 0 Å². The smallest absolute Gasteiger partial charge is 0.490 e. The van der Waals surface area contributed by atoms with Gasteiger partial charge in [0.25, 0.3) is 0 Å². The molecule has 0 aromatic heterocycles. The zero-order valence-corrected chi connectivity index (χ0v) is 33.3. The summed E-state index contributed by atoms with van der Waals surface area (Å²) in [6.45, 7) is 11.1. The van der Waals surface area contributed by atoms with Gasteiger partial charge in [-0.3, -0.25) is 4.79 Å². The van der Waals surface area contributed by atoms with Crippen LogP contribution in [0.4, 0.5) is 0 Å². The molecule has 0 spiro atoms. The highest BCUT2D eigenvalue weighted by Gasteiger charge is 2.33. The predicted octanol–water partition coefficient (Wildman–Crippen LogP) is 12.3. The van der Waals surface area contributed by atoms with Gasteiger partial charge in [-0.25, -0.2) is 0 Å². The quantitative estimate of drug-likeness (QED) is 0.0338. The monoisotopic (exact) mass is 745 g/mol. The van der Waals surface area contributed by atoms with Gasteiger partial charge >= 0.3 is 7.32 Å². The van der Waals surface area contributed by atoms with Gasteiger partial charge < -0.3 is 18.4 Å². The number of unbranched alkanes of at least 4 members (excludes halogenated alkanes) is 3. The SMILES string of the molecule is CCCC[N+](CCCC)(CCCC)Cc1ccc(C(=O)c2ccccc2)cc1-c1ccccc1OB(Oc1ccccc1)Oc1ccccc1.[c-]1ccccc1. The molecule has 0 aliphatic heterocycles. The fourth-order valence-corrected chi connectivity index (χ4v) is 6.81. The first kappa shape index (κ1) is 41.6. The number of benzene rings is 6. The van der Waals surface area contributed by atoms with Crippen LogP contribution in [-0.4, -0.2) is 37.2 Å². The topological polar surface area (TPSA) is 44.8 Å². The van der Waals surface area contributed by atoms with Crippen molar-refractivity contribution >= 4 is 13.1 Å². The molecule has 0 amide bonds. The van der Waals surface area contributed by atoms with Gasteiger partial charge in [0.1, 0.15) is 23.8 Å². The van der Waals surface area contributed by atoms with Crippen LogP contribution in [0.2, 0.25) is 0 Å². The van der Waals surface area contributed by atoms with E-state index in [4.69, 9.17) is 14.0 Å². The average molecular weight is 746 g/mol. The van der Waals surface area contributed by atoms with Gasteiger partial charge in [-0.1, -0.05) is 137 Å². The summed E-state index contributed by atoms with van der Waals surface area (Å²) in [4.78, 5) is 13.8. The first-order valence-corrected chi connectivity index (χ1v) is 20.2. The van der Waals surface area contributed by atoms with Gasteiger partial charge in [-0.15, -0.1) is 0 Å².